The number of carbonyl (C=O) groups excluding carboxylic acids is 1. The molecule has 3 unspecified atom stereocenters. The van der Waals surface area contributed by atoms with Crippen molar-refractivity contribution in [1.29, 1.82) is 0 Å². The number of hydrogen-bond donors (Lipinski definition) is 0. The molecule has 118 valence electrons. The minimum absolute atomic E-state index is 0.0673. The summed E-state index contributed by atoms with van der Waals surface area (Å²) in [5.74, 6) is 0.0673. The number of piperazine rings is 1. The highest BCUT2D eigenvalue weighted by molar-refractivity contribution is 5.93. The first kappa shape index (κ1) is 14.4. The molecule has 0 N–H and O–H groups in total. The van der Waals surface area contributed by atoms with Crippen LogP contribution in [-0.2, 0) is 0 Å². The molecule has 4 nitrogen and oxygen atoms in total. The van der Waals surface area contributed by atoms with Crippen molar-refractivity contribution in [3.8, 4) is 11.1 Å². The predicted octanol–water partition coefficient (Wildman–Crippen LogP) is 2.67. The molecule has 23 heavy (non-hydrogen) atoms. The second-order valence-electron chi connectivity index (χ2n) is 6.65. The van der Waals surface area contributed by atoms with Crippen LogP contribution in [0.4, 0.5) is 0 Å². The van der Waals surface area contributed by atoms with Gasteiger partial charge in [0.25, 0.3) is 5.91 Å². The smallest absolute Gasteiger partial charge is 0.273 e. The van der Waals surface area contributed by atoms with E-state index < -0.39 is 0 Å². The Bertz CT molecular complexity index is 711. The molecule has 0 radical (unpaired) electrons. The van der Waals surface area contributed by atoms with Gasteiger partial charge in [-0.3, -0.25) is 14.7 Å². The molecule has 0 saturated carbocycles. The topological polar surface area (TPSA) is 36.4 Å². The lowest BCUT2D eigenvalue weighted by molar-refractivity contribution is 0.0514. The molecule has 4 heteroatoms. The Labute approximate surface area is 136 Å². The van der Waals surface area contributed by atoms with Gasteiger partial charge >= 0.3 is 0 Å². The molecule has 2 fully saturated rings. The van der Waals surface area contributed by atoms with E-state index in [0.717, 1.165) is 24.1 Å². The Morgan fingerprint density at radius 1 is 1.13 bits per heavy atom. The van der Waals surface area contributed by atoms with Crippen LogP contribution in [-0.4, -0.2) is 52.4 Å². The highest BCUT2D eigenvalue weighted by atomic mass is 16.2. The molecule has 2 bridgehead atoms. The highest BCUT2D eigenvalue weighted by Gasteiger charge is 2.49. The summed E-state index contributed by atoms with van der Waals surface area (Å²) >= 11 is 0. The van der Waals surface area contributed by atoms with Crippen LogP contribution in [0.1, 0.15) is 23.8 Å². The predicted molar refractivity (Wildman–Crippen MR) is 90.1 cm³/mol. The Hall–Kier alpha value is -2.20. The summed E-state index contributed by atoms with van der Waals surface area (Å²) in [4.78, 5) is 21.7. The summed E-state index contributed by atoms with van der Waals surface area (Å²) in [5.41, 5.74) is 2.71. The van der Waals surface area contributed by atoms with E-state index in [2.05, 4.69) is 36.0 Å². The number of pyridine rings is 1. The van der Waals surface area contributed by atoms with Crippen LogP contribution in [0.3, 0.4) is 0 Å². The van der Waals surface area contributed by atoms with Crippen LogP contribution in [0.25, 0.3) is 11.1 Å². The molecule has 2 aliphatic rings. The average molecular weight is 307 g/mol. The summed E-state index contributed by atoms with van der Waals surface area (Å²) in [6.45, 7) is 3.12. The lowest BCUT2D eigenvalue weighted by Gasteiger charge is -2.37. The summed E-state index contributed by atoms with van der Waals surface area (Å²) in [6.07, 6.45) is 2.89. The maximum atomic E-state index is 12.8. The summed E-state index contributed by atoms with van der Waals surface area (Å²) in [6, 6.07) is 15.0. The van der Waals surface area contributed by atoms with Gasteiger partial charge in [-0.15, -0.1) is 0 Å². The Kier molecular flexibility index (Phi) is 3.42. The van der Waals surface area contributed by atoms with Crippen molar-refractivity contribution in [2.45, 2.75) is 31.5 Å². The van der Waals surface area contributed by atoms with Crippen molar-refractivity contribution in [2.75, 3.05) is 13.6 Å². The number of rotatable bonds is 2. The lowest BCUT2D eigenvalue weighted by Crippen LogP contribution is -2.52. The van der Waals surface area contributed by atoms with E-state index in [1.165, 1.54) is 0 Å². The number of likely N-dealkylation sites (N-methyl/N-ethyl adjacent to an activating group) is 1. The second-order valence-corrected chi connectivity index (χ2v) is 6.65. The quantitative estimate of drug-likeness (QED) is 0.856. The van der Waals surface area contributed by atoms with Gasteiger partial charge in [0.05, 0.1) is 0 Å². The maximum absolute atomic E-state index is 12.8. The molecule has 1 aromatic carbocycles. The van der Waals surface area contributed by atoms with E-state index in [0.29, 0.717) is 17.8 Å². The summed E-state index contributed by atoms with van der Waals surface area (Å²) in [5, 5.41) is 0. The molecular weight excluding hydrogens is 286 g/mol. The molecule has 1 amide bonds. The minimum atomic E-state index is 0.0673. The van der Waals surface area contributed by atoms with Gasteiger partial charge in [0.1, 0.15) is 5.69 Å². The largest absolute Gasteiger partial charge is 0.329 e. The number of aromatic nitrogens is 1. The van der Waals surface area contributed by atoms with E-state index in [9.17, 15) is 4.79 Å². The zero-order valence-corrected chi connectivity index (χ0v) is 13.5. The number of fused-ring (bicyclic) bond motifs is 2. The second kappa shape index (κ2) is 5.46. The van der Waals surface area contributed by atoms with Crippen molar-refractivity contribution in [2.24, 2.45) is 0 Å². The third-order valence-electron chi connectivity index (χ3n) is 5.29. The van der Waals surface area contributed by atoms with Gasteiger partial charge in [0, 0.05) is 36.4 Å². The van der Waals surface area contributed by atoms with Gasteiger partial charge in [-0.1, -0.05) is 36.4 Å². The third-order valence-corrected chi connectivity index (χ3v) is 5.29. The van der Waals surface area contributed by atoms with E-state index in [-0.39, 0.29) is 11.9 Å². The molecular formula is C19H21N3O. The normalized spacial score (nSPS) is 26.7. The fourth-order valence-corrected chi connectivity index (χ4v) is 4.09. The minimum Gasteiger partial charge on any atom is -0.329 e. The van der Waals surface area contributed by atoms with Crippen LogP contribution in [0.5, 0.6) is 0 Å². The monoisotopic (exact) mass is 307 g/mol. The standard InChI is InChI=1S/C19H21N3O/c1-13-18-10-16(12-21(18)2)22(13)19(23)17-9-8-15(11-20-17)14-6-4-3-5-7-14/h3-9,11,13,16,18H,10,12H2,1-2H3. The molecule has 2 aliphatic heterocycles. The Morgan fingerprint density at radius 2 is 1.91 bits per heavy atom. The summed E-state index contributed by atoms with van der Waals surface area (Å²) < 4.78 is 0. The Balaban J connectivity index is 1.56. The van der Waals surface area contributed by atoms with Crippen molar-refractivity contribution >= 4 is 5.91 Å². The number of carbonyl (C=O) groups is 1. The molecule has 1 aromatic heterocycles. The van der Waals surface area contributed by atoms with Crippen molar-refractivity contribution in [3.05, 3.63) is 54.4 Å². The van der Waals surface area contributed by atoms with Crippen LogP contribution < -0.4 is 0 Å². The first-order chi connectivity index (χ1) is 11.1. The fraction of sp³-hybridized carbons (Fsp3) is 0.368. The molecule has 0 aliphatic carbocycles. The van der Waals surface area contributed by atoms with Gasteiger partial charge in [-0.25, -0.2) is 0 Å². The third kappa shape index (κ3) is 2.34. The van der Waals surface area contributed by atoms with Crippen molar-refractivity contribution in [3.63, 3.8) is 0 Å². The summed E-state index contributed by atoms with van der Waals surface area (Å²) in [7, 11) is 2.15. The molecule has 3 atom stereocenters. The van der Waals surface area contributed by atoms with Gasteiger partial charge in [-0.2, -0.15) is 0 Å². The van der Waals surface area contributed by atoms with E-state index in [4.69, 9.17) is 0 Å². The van der Waals surface area contributed by atoms with Gasteiger partial charge < -0.3 is 4.90 Å². The van der Waals surface area contributed by atoms with E-state index in [1.807, 2.05) is 35.2 Å². The van der Waals surface area contributed by atoms with Crippen molar-refractivity contribution < 1.29 is 4.79 Å². The van der Waals surface area contributed by atoms with Crippen LogP contribution >= 0.6 is 0 Å². The zero-order valence-electron chi connectivity index (χ0n) is 13.5. The number of amides is 1. The van der Waals surface area contributed by atoms with Gasteiger partial charge in [-0.05, 0) is 32.0 Å². The van der Waals surface area contributed by atoms with E-state index >= 15 is 0 Å². The number of hydrogen-bond acceptors (Lipinski definition) is 3. The van der Waals surface area contributed by atoms with E-state index in [1.54, 1.807) is 6.20 Å². The zero-order chi connectivity index (χ0) is 16.0. The first-order valence-corrected chi connectivity index (χ1v) is 8.19. The maximum Gasteiger partial charge on any atom is 0.273 e. The number of likely N-dealkylation sites (tertiary alicyclic amines) is 2. The fourth-order valence-electron chi connectivity index (χ4n) is 4.09. The van der Waals surface area contributed by atoms with Crippen molar-refractivity contribution in [1.82, 2.24) is 14.8 Å². The SMILES string of the molecule is CC1C2CC(CN2C)N1C(=O)c1ccc(-c2ccccc2)cn1. The highest BCUT2D eigenvalue weighted by Crippen LogP contribution is 2.35. The lowest BCUT2D eigenvalue weighted by atomic mass is 10.1. The first-order valence-electron chi connectivity index (χ1n) is 8.19. The molecule has 4 rings (SSSR count). The van der Waals surface area contributed by atoms with Crippen LogP contribution in [0, 0.1) is 0 Å². The van der Waals surface area contributed by atoms with Crippen LogP contribution in [0.15, 0.2) is 48.7 Å². The van der Waals surface area contributed by atoms with Crippen LogP contribution in [0.2, 0.25) is 0 Å². The molecule has 0 spiro atoms. The molecule has 2 saturated heterocycles. The average Bonchev–Trinajstić information content (AvgIpc) is 3.11. The number of nitrogens with zero attached hydrogens (tertiary/aromatic N) is 3. The van der Waals surface area contributed by atoms with Gasteiger partial charge in [0.2, 0.25) is 0 Å². The molecule has 3 heterocycles. The Morgan fingerprint density at radius 3 is 2.52 bits per heavy atom. The molecule has 2 aromatic rings. The number of benzene rings is 1. The van der Waals surface area contributed by atoms with Gasteiger partial charge in [0.15, 0.2) is 0 Å².